The van der Waals surface area contributed by atoms with E-state index in [4.69, 9.17) is 14.2 Å². The van der Waals surface area contributed by atoms with Crippen LogP contribution in [-0.4, -0.2) is 43.5 Å². The first-order chi connectivity index (χ1) is 12.4. The number of benzene rings is 1. The minimum Gasteiger partial charge on any atom is -0.497 e. The van der Waals surface area contributed by atoms with Crippen molar-refractivity contribution in [3.05, 3.63) is 42.0 Å². The lowest BCUT2D eigenvalue weighted by molar-refractivity contribution is -0.145. The van der Waals surface area contributed by atoms with E-state index >= 15 is 0 Å². The number of hydrogen-bond acceptors (Lipinski definition) is 6. The summed E-state index contributed by atoms with van der Waals surface area (Å²) < 4.78 is 15.0. The van der Waals surface area contributed by atoms with E-state index in [1.165, 1.54) is 13.8 Å². The lowest BCUT2D eigenvalue weighted by Gasteiger charge is -2.13. The molecule has 0 saturated carbocycles. The maximum absolute atomic E-state index is 10.9. The third-order valence-corrected chi connectivity index (χ3v) is 3.74. The van der Waals surface area contributed by atoms with Gasteiger partial charge in [0.15, 0.2) is 0 Å². The minimum atomic E-state index is -0.476. The van der Waals surface area contributed by atoms with Gasteiger partial charge in [-0.15, -0.1) is 0 Å². The number of esters is 2. The zero-order valence-corrected chi connectivity index (χ0v) is 15.6. The maximum atomic E-state index is 10.9. The third kappa shape index (κ3) is 9.84. The lowest BCUT2D eigenvalue weighted by Crippen LogP contribution is -2.17. The Labute approximate surface area is 154 Å². The number of aliphatic hydroxyl groups excluding tert-OH is 1. The summed E-state index contributed by atoms with van der Waals surface area (Å²) in [6, 6.07) is 7.76. The molecule has 0 saturated heterocycles. The van der Waals surface area contributed by atoms with Crippen LogP contribution in [-0.2, 0) is 25.5 Å². The lowest BCUT2D eigenvalue weighted by atomic mass is 10.0. The van der Waals surface area contributed by atoms with E-state index in [-0.39, 0.29) is 31.1 Å². The first-order valence-electron chi connectivity index (χ1n) is 8.65. The number of methoxy groups -OCH3 is 1. The molecule has 0 spiro atoms. The number of rotatable bonds is 11. The second-order valence-corrected chi connectivity index (χ2v) is 6.07. The van der Waals surface area contributed by atoms with Crippen LogP contribution in [0.5, 0.6) is 5.75 Å². The van der Waals surface area contributed by atoms with Crippen molar-refractivity contribution in [2.45, 2.75) is 39.2 Å². The average Bonchev–Trinajstić information content (AvgIpc) is 2.61. The number of aliphatic hydroxyl groups is 1. The topological polar surface area (TPSA) is 82.1 Å². The van der Waals surface area contributed by atoms with E-state index in [1.54, 1.807) is 7.11 Å². The van der Waals surface area contributed by atoms with Gasteiger partial charge in [0.05, 0.1) is 13.2 Å². The average molecular weight is 364 g/mol. The zero-order valence-electron chi connectivity index (χ0n) is 15.6. The molecule has 0 heterocycles. The molecule has 144 valence electrons. The minimum absolute atomic E-state index is 0.140. The van der Waals surface area contributed by atoms with Gasteiger partial charge in [0.2, 0.25) is 0 Å². The quantitative estimate of drug-likeness (QED) is 0.480. The van der Waals surface area contributed by atoms with Crippen molar-refractivity contribution in [3.8, 4) is 5.75 Å². The van der Waals surface area contributed by atoms with Gasteiger partial charge in [-0.3, -0.25) is 9.59 Å². The predicted molar refractivity (Wildman–Crippen MR) is 97.8 cm³/mol. The van der Waals surface area contributed by atoms with Gasteiger partial charge in [0.1, 0.15) is 19.0 Å². The fourth-order valence-electron chi connectivity index (χ4n) is 2.28. The molecule has 0 aromatic heterocycles. The molecular weight excluding hydrogens is 336 g/mol. The highest BCUT2D eigenvalue weighted by Crippen LogP contribution is 2.14. The van der Waals surface area contributed by atoms with Crippen LogP contribution in [0.25, 0.3) is 0 Å². The molecule has 0 fully saturated rings. The summed E-state index contributed by atoms with van der Waals surface area (Å²) in [7, 11) is 1.63. The smallest absolute Gasteiger partial charge is 0.302 e. The summed E-state index contributed by atoms with van der Waals surface area (Å²) in [6.45, 7) is 2.94. The maximum Gasteiger partial charge on any atom is 0.302 e. The Morgan fingerprint density at radius 3 is 2.15 bits per heavy atom. The summed E-state index contributed by atoms with van der Waals surface area (Å²) in [6.07, 6.45) is 5.04. The van der Waals surface area contributed by atoms with Crippen molar-refractivity contribution in [3.63, 3.8) is 0 Å². The van der Waals surface area contributed by atoms with E-state index < -0.39 is 6.10 Å². The van der Waals surface area contributed by atoms with Crippen LogP contribution in [0.2, 0.25) is 0 Å². The van der Waals surface area contributed by atoms with Gasteiger partial charge in [-0.05, 0) is 37.0 Å². The Morgan fingerprint density at radius 2 is 1.65 bits per heavy atom. The van der Waals surface area contributed by atoms with Crippen LogP contribution in [0.1, 0.15) is 32.3 Å². The molecule has 1 aromatic carbocycles. The van der Waals surface area contributed by atoms with Gasteiger partial charge in [0, 0.05) is 19.8 Å². The Morgan fingerprint density at radius 1 is 1.08 bits per heavy atom. The molecule has 0 bridgehead atoms. The standard InChI is InChI=1S/C20H28O6/c1-15(21)25-13-18(14-26-16(2)22)5-4-6-19(23)10-7-17-8-11-20(24-3)12-9-17/h4-5,8-9,11-12,18-19,23H,6-7,10,13-14H2,1-3H3/b5-4+/t19-/m1/s1. The number of ether oxygens (including phenoxy) is 3. The van der Waals surface area contributed by atoms with Gasteiger partial charge in [-0.1, -0.05) is 24.3 Å². The summed E-state index contributed by atoms with van der Waals surface area (Å²) in [5.41, 5.74) is 1.14. The van der Waals surface area contributed by atoms with Gasteiger partial charge < -0.3 is 19.3 Å². The molecule has 0 aliphatic rings. The molecule has 0 amide bonds. The predicted octanol–water partition coefficient (Wildman–Crippen LogP) is 2.68. The van der Waals surface area contributed by atoms with Crippen LogP contribution < -0.4 is 4.74 Å². The second-order valence-electron chi connectivity index (χ2n) is 6.07. The molecule has 6 heteroatoms. The number of hydrogen-bond donors (Lipinski definition) is 1. The van der Waals surface area contributed by atoms with Crippen LogP contribution in [0, 0.1) is 5.92 Å². The van der Waals surface area contributed by atoms with Crippen molar-refractivity contribution in [2.75, 3.05) is 20.3 Å². The normalized spacial score (nSPS) is 12.2. The van der Waals surface area contributed by atoms with E-state index in [1.807, 2.05) is 36.4 Å². The van der Waals surface area contributed by atoms with Crippen LogP contribution in [0.15, 0.2) is 36.4 Å². The van der Waals surface area contributed by atoms with Crippen molar-refractivity contribution < 1.29 is 28.9 Å². The van der Waals surface area contributed by atoms with Gasteiger partial charge in [0.25, 0.3) is 0 Å². The zero-order chi connectivity index (χ0) is 19.4. The summed E-state index contributed by atoms with van der Waals surface area (Å²) >= 11 is 0. The van der Waals surface area contributed by atoms with E-state index in [0.29, 0.717) is 12.8 Å². The third-order valence-electron chi connectivity index (χ3n) is 3.74. The molecule has 6 nitrogen and oxygen atoms in total. The largest absolute Gasteiger partial charge is 0.497 e. The number of carbonyl (C=O) groups is 2. The molecule has 26 heavy (non-hydrogen) atoms. The molecule has 0 aliphatic carbocycles. The molecule has 1 N–H and O–H groups in total. The van der Waals surface area contributed by atoms with Crippen LogP contribution in [0.4, 0.5) is 0 Å². The van der Waals surface area contributed by atoms with Crippen molar-refractivity contribution in [2.24, 2.45) is 5.92 Å². The molecule has 0 radical (unpaired) electrons. The van der Waals surface area contributed by atoms with E-state index in [9.17, 15) is 14.7 Å². The molecule has 1 atom stereocenters. The highest BCUT2D eigenvalue weighted by Gasteiger charge is 2.10. The fraction of sp³-hybridized carbons (Fsp3) is 0.500. The van der Waals surface area contributed by atoms with E-state index in [0.717, 1.165) is 17.7 Å². The Hall–Kier alpha value is -2.34. The van der Waals surface area contributed by atoms with E-state index in [2.05, 4.69) is 0 Å². The summed E-state index contributed by atoms with van der Waals surface area (Å²) in [5, 5.41) is 10.1. The van der Waals surface area contributed by atoms with Crippen LogP contribution >= 0.6 is 0 Å². The Kier molecular flexibility index (Phi) is 10.1. The number of carbonyl (C=O) groups excluding carboxylic acids is 2. The molecule has 1 aromatic rings. The Balaban J connectivity index is 2.40. The summed E-state index contributed by atoms with van der Waals surface area (Å²) in [4.78, 5) is 21.9. The Bertz CT molecular complexity index is 560. The fourth-order valence-corrected chi connectivity index (χ4v) is 2.28. The van der Waals surface area contributed by atoms with Gasteiger partial charge >= 0.3 is 11.9 Å². The highest BCUT2D eigenvalue weighted by molar-refractivity contribution is 5.66. The SMILES string of the molecule is COc1ccc(CC[C@H](O)C/C=C/C(COC(C)=O)COC(C)=O)cc1. The molecule has 1 rings (SSSR count). The van der Waals surface area contributed by atoms with Gasteiger partial charge in [-0.2, -0.15) is 0 Å². The molecule has 0 aliphatic heterocycles. The summed E-state index contributed by atoms with van der Waals surface area (Å²) in [5.74, 6) is -0.183. The first kappa shape index (κ1) is 21.7. The van der Waals surface area contributed by atoms with Crippen molar-refractivity contribution >= 4 is 11.9 Å². The van der Waals surface area contributed by atoms with Crippen molar-refractivity contribution in [1.82, 2.24) is 0 Å². The highest BCUT2D eigenvalue weighted by atomic mass is 16.5. The molecule has 0 unspecified atom stereocenters. The van der Waals surface area contributed by atoms with Crippen LogP contribution in [0.3, 0.4) is 0 Å². The molecular formula is C20H28O6. The van der Waals surface area contributed by atoms with Crippen molar-refractivity contribution in [1.29, 1.82) is 0 Å². The van der Waals surface area contributed by atoms with Gasteiger partial charge in [-0.25, -0.2) is 0 Å². The monoisotopic (exact) mass is 364 g/mol. The number of aryl methyl sites for hydroxylation is 1. The second kappa shape index (κ2) is 12.1. The first-order valence-corrected chi connectivity index (χ1v) is 8.65.